The minimum Gasteiger partial charge on any atom is -0.459 e. The monoisotopic (exact) mass is 275 g/mol. The van der Waals surface area contributed by atoms with Gasteiger partial charge in [0, 0.05) is 18.1 Å². The fourth-order valence-electron chi connectivity index (χ4n) is 2.05. The molecular weight excluding hydrogens is 258 g/mol. The van der Waals surface area contributed by atoms with E-state index in [0.29, 0.717) is 11.3 Å². The van der Waals surface area contributed by atoms with Crippen molar-refractivity contribution >= 4 is 12.0 Å². The molecule has 0 bridgehead atoms. The zero-order chi connectivity index (χ0) is 14.7. The maximum atomic E-state index is 12.2. The number of rotatable bonds is 3. The van der Waals surface area contributed by atoms with E-state index in [-0.39, 0.29) is 12.1 Å². The van der Waals surface area contributed by atoms with Crippen molar-refractivity contribution in [2.75, 3.05) is 0 Å². The number of nitrogens with zero attached hydrogens (tertiary/aromatic N) is 1. The fraction of sp³-hybridized carbons (Fsp3) is 0.357. The Hall–Kier alpha value is -2.37. The van der Waals surface area contributed by atoms with E-state index in [4.69, 9.17) is 4.74 Å². The summed E-state index contributed by atoms with van der Waals surface area (Å²) in [6.45, 7) is 5.25. The summed E-state index contributed by atoms with van der Waals surface area (Å²) in [6, 6.07) is 2.64. The van der Waals surface area contributed by atoms with Crippen molar-refractivity contribution in [3.63, 3.8) is 0 Å². The number of ether oxygens (including phenoxy) is 1. The van der Waals surface area contributed by atoms with Crippen LogP contribution in [-0.4, -0.2) is 23.1 Å². The number of carbonyl (C=O) groups excluding carboxylic acids is 2. The van der Waals surface area contributed by atoms with E-state index in [9.17, 15) is 9.59 Å². The van der Waals surface area contributed by atoms with E-state index in [1.807, 2.05) is 0 Å². The lowest BCUT2D eigenvalue weighted by molar-refractivity contribution is -0.143. The number of esters is 1. The average molecular weight is 275 g/mol. The molecule has 2 amide bonds. The molecule has 6 nitrogen and oxygen atoms in total. The summed E-state index contributed by atoms with van der Waals surface area (Å²) >= 11 is 0. The van der Waals surface area contributed by atoms with Gasteiger partial charge in [-0.1, -0.05) is 0 Å². The zero-order valence-corrected chi connectivity index (χ0v) is 11.6. The quantitative estimate of drug-likeness (QED) is 0.822. The summed E-state index contributed by atoms with van der Waals surface area (Å²) in [4.78, 5) is 27.8. The Morgan fingerprint density at radius 2 is 2.00 bits per heavy atom. The van der Waals surface area contributed by atoms with Gasteiger partial charge in [-0.2, -0.15) is 0 Å². The normalized spacial score (nSPS) is 18.6. The van der Waals surface area contributed by atoms with Crippen molar-refractivity contribution in [3.8, 4) is 0 Å². The van der Waals surface area contributed by atoms with E-state index in [0.717, 1.165) is 5.56 Å². The van der Waals surface area contributed by atoms with Crippen molar-refractivity contribution in [1.29, 1.82) is 0 Å². The molecule has 20 heavy (non-hydrogen) atoms. The predicted octanol–water partition coefficient (Wildman–Crippen LogP) is 1.66. The van der Waals surface area contributed by atoms with Crippen LogP contribution in [0.4, 0.5) is 4.79 Å². The Bertz CT molecular complexity index is 552. The van der Waals surface area contributed by atoms with E-state index < -0.39 is 12.0 Å². The summed E-state index contributed by atoms with van der Waals surface area (Å²) in [6.07, 6.45) is 3.01. The average Bonchev–Trinajstić information content (AvgIpc) is 2.37. The van der Waals surface area contributed by atoms with Gasteiger partial charge in [-0.25, -0.2) is 9.59 Å². The first-order valence-corrected chi connectivity index (χ1v) is 6.38. The summed E-state index contributed by atoms with van der Waals surface area (Å²) in [7, 11) is 0. The molecule has 1 aromatic heterocycles. The van der Waals surface area contributed by atoms with Crippen LogP contribution in [0.15, 0.2) is 35.8 Å². The smallest absolute Gasteiger partial charge is 0.338 e. The molecule has 6 heteroatoms. The molecule has 0 unspecified atom stereocenters. The van der Waals surface area contributed by atoms with Gasteiger partial charge in [-0.3, -0.25) is 4.98 Å². The third kappa shape index (κ3) is 2.96. The highest BCUT2D eigenvalue weighted by atomic mass is 16.5. The van der Waals surface area contributed by atoms with Crippen molar-refractivity contribution in [3.05, 3.63) is 41.4 Å². The molecule has 2 rings (SSSR count). The SMILES string of the molecule is CC1=C(C(=O)OC(C)C)[C@H](c2ccncc2)NC(=O)N1. The lowest BCUT2D eigenvalue weighted by Crippen LogP contribution is -2.45. The molecule has 0 fully saturated rings. The third-order valence-corrected chi connectivity index (χ3v) is 2.87. The fourth-order valence-corrected chi connectivity index (χ4v) is 2.05. The van der Waals surface area contributed by atoms with Gasteiger partial charge in [-0.15, -0.1) is 0 Å². The molecule has 106 valence electrons. The second-order valence-electron chi connectivity index (χ2n) is 4.80. The number of allylic oxidation sites excluding steroid dienone is 1. The first-order valence-electron chi connectivity index (χ1n) is 6.38. The third-order valence-electron chi connectivity index (χ3n) is 2.87. The van der Waals surface area contributed by atoms with E-state index >= 15 is 0 Å². The van der Waals surface area contributed by atoms with E-state index in [1.54, 1.807) is 45.3 Å². The Labute approximate surface area is 117 Å². The number of hydrogen-bond acceptors (Lipinski definition) is 4. The number of carbonyl (C=O) groups is 2. The van der Waals surface area contributed by atoms with Gasteiger partial charge in [0.25, 0.3) is 0 Å². The second kappa shape index (κ2) is 5.73. The van der Waals surface area contributed by atoms with Crippen molar-refractivity contribution < 1.29 is 14.3 Å². The van der Waals surface area contributed by atoms with Crippen LogP contribution < -0.4 is 10.6 Å². The minimum absolute atomic E-state index is 0.224. The summed E-state index contributed by atoms with van der Waals surface area (Å²) in [5.74, 6) is -0.438. The van der Waals surface area contributed by atoms with Crippen LogP contribution in [0.25, 0.3) is 0 Å². The van der Waals surface area contributed by atoms with Gasteiger partial charge in [0.1, 0.15) is 0 Å². The van der Waals surface area contributed by atoms with Crippen LogP contribution in [-0.2, 0) is 9.53 Å². The molecule has 0 aromatic carbocycles. The lowest BCUT2D eigenvalue weighted by atomic mass is 9.96. The van der Waals surface area contributed by atoms with E-state index in [1.165, 1.54) is 0 Å². The number of nitrogens with one attached hydrogen (secondary N) is 2. The van der Waals surface area contributed by atoms with Crippen molar-refractivity contribution in [1.82, 2.24) is 15.6 Å². The van der Waals surface area contributed by atoms with Gasteiger partial charge >= 0.3 is 12.0 Å². The minimum atomic E-state index is -0.530. The molecule has 2 heterocycles. The molecule has 0 saturated heterocycles. The summed E-state index contributed by atoms with van der Waals surface area (Å²) < 4.78 is 5.24. The molecule has 0 radical (unpaired) electrons. The number of hydrogen-bond donors (Lipinski definition) is 2. The highest BCUT2D eigenvalue weighted by Crippen LogP contribution is 2.27. The standard InChI is InChI=1S/C14H17N3O3/c1-8(2)20-13(18)11-9(3)16-14(19)17-12(11)10-4-6-15-7-5-10/h4-8,12H,1-3H3,(H2,16,17,19)/t12-/m0/s1. The first-order chi connectivity index (χ1) is 9.49. The van der Waals surface area contributed by atoms with Crippen LogP contribution in [0.3, 0.4) is 0 Å². The number of amides is 2. The summed E-state index contributed by atoms with van der Waals surface area (Å²) in [5, 5.41) is 5.33. The Morgan fingerprint density at radius 1 is 1.35 bits per heavy atom. The molecule has 1 aromatic rings. The van der Waals surface area contributed by atoms with Gasteiger partial charge in [0.05, 0.1) is 17.7 Å². The van der Waals surface area contributed by atoms with Crippen LogP contribution in [0, 0.1) is 0 Å². The number of pyridine rings is 1. The molecule has 0 spiro atoms. The largest absolute Gasteiger partial charge is 0.459 e. The topological polar surface area (TPSA) is 80.3 Å². The predicted molar refractivity (Wildman–Crippen MR) is 72.6 cm³/mol. The van der Waals surface area contributed by atoms with Gasteiger partial charge in [0.2, 0.25) is 0 Å². The second-order valence-corrected chi connectivity index (χ2v) is 4.80. The highest BCUT2D eigenvalue weighted by Gasteiger charge is 2.32. The first kappa shape index (κ1) is 14.0. The van der Waals surface area contributed by atoms with Crippen LogP contribution in [0.5, 0.6) is 0 Å². The van der Waals surface area contributed by atoms with Crippen molar-refractivity contribution in [2.24, 2.45) is 0 Å². The van der Waals surface area contributed by atoms with Crippen LogP contribution in [0.1, 0.15) is 32.4 Å². The Morgan fingerprint density at radius 3 is 2.60 bits per heavy atom. The molecule has 0 saturated carbocycles. The highest BCUT2D eigenvalue weighted by molar-refractivity contribution is 5.95. The number of aromatic nitrogens is 1. The van der Waals surface area contributed by atoms with E-state index in [2.05, 4.69) is 15.6 Å². The molecule has 1 aliphatic heterocycles. The lowest BCUT2D eigenvalue weighted by Gasteiger charge is -2.28. The molecular formula is C14H17N3O3. The Balaban J connectivity index is 2.39. The molecule has 1 atom stereocenters. The van der Waals surface area contributed by atoms with Gasteiger partial charge < -0.3 is 15.4 Å². The molecule has 0 aliphatic carbocycles. The summed E-state index contributed by atoms with van der Waals surface area (Å²) in [5.41, 5.74) is 1.69. The number of urea groups is 1. The molecule has 1 aliphatic rings. The maximum absolute atomic E-state index is 12.2. The van der Waals surface area contributed by atoms with Crippen LogP contribution >= 0.6 is 0 Å². The zero-order valence-electron chi connectivity index (χ0n) is 11.6. The Kier molecular flexibility index (Phi) is 4.02. The van der Waals surface area contributed by atoms with Gasteiger partial charge in [-0.05, 0) is 38.5 Å². The van der Waals surface area contributed by atoms with Crippen LogP contribution in [0.2, 0.25) is 0 Å². The van der Waals surface area contributed by atoms with Gasteiger partial charge in [0.15, 0.2) is 0 Å². The molecule has 2 N–H and O–H groups in total. The van der Waals surface area contributed by atoms with Crippen molar-refractivity contribution in [2.45, 2.75) is 32.9 Å². The maximum Gasteiger partial charge on any atom is 0.338 e.